The first kappa shape index (κ1) is 20.1. The van der Waals surface area contributed by atoms with Crippen LogP contribution >= 0.6 is 11.8 Å². The molecule has 1 saturated heterocycles. The van der Waals surface area contributed by atoms with Crippen LogP contribution in [-0.2, 0) is 20.9 Å². The summed E-state index contributed by atoms with van der Waals surface area (Å²) in [7, 11) is 1.59. The number of allylic oxidation sites excluding steroid dienone is 1. The lowest BCUT2D eigenvalue weighted by molar-refractivity contribution is -0.146. The van der Waals surface area contributed by atoms with Crippen LogP contribution in [0.2, 0.25) is 0 Å². The molecular weight excluding hydrogens is 432 g/mol. The van der Waals surface area contributed by atoms with Crippen LogP contribution in [0.25, 0.3) is 10.5 Å². The van der Waals surface area contributed by atoms with Crippen molar-refractivity contribution < 1.29 is 23.5 Å². The molecule has 5 rings (SSSR count). The van der Waals surface area contributed by atoms with E-state index in [4.69, 9.17) is 13.9 Å². The summed E-state index contributed by atoms with van der Waals surface area (Å²) >= 11 is 1.38. The van der Waals surface area contributed by atoms with Crippen molar-refractivity contribution in [1.29, 1.82) is 0 Å². The minimum Gasteiger partial charge on any atom is -0.497 e. The quantitative estimate of drug-likeness (QED) is 0.346. The minimum absolute atomic E-state index is 0.0653. The molecule has 32 heavy (non-hydrogen) atoms. The fraction of sp³-hybridized carbons (Fsp3) is 0.182. The Hall–Kier alpha value is -3.79. The second kappa shape index (κ2) is 8.04. The van der Waals surface area contributed by atoms with Gasteiger partial charge in [-0.15, -0.1) is 0 Å². The Morgan fingerprint density at radius 3 is 2.75 bits per heavy atom. The monoisotopic (exact) mass is 450 g/mol. The predicted octanol–water partition coefficient (Wildman–Crippen LogP) is 3.21. The number of β-lactam (4-membered cyclic amide) rings is 1. The van der Waals surface area contributed by atoms with Crippen molar-refractivity contribution in [2.75, 3.05) is 7.11 Å². The first-order valence-electron chi connectivity index (χ1n) is 9.74. The van der Waals surface area contributed by atoms with E-state index < -0.39 is 5.97 Å². The lowest BCUT2D eigenvalue weighted by atomic mass is 9.97. The lowest BCUT2D eigenvalue weighted by Crippen LogP contribution is -2.51. The number of fused-ring (bicyclic) bond motifs is 1. The molecule has 2 aliphatic rings. The molecule has 2 aromatic heterocycles. The fourth-order valence-electron chi connectivity index (χ4n) is 3.59. The van der Waals surface area contributed by atoms with Crippen LogP contribution in [0.5, 0.6) is 5.75 Å². The number of rotatable bonds is 6. The highest BCUT2D eigenvalue weighted by atomic mass is 32.2. The second-order valence-electron chi connectivity index (χ2n) is 7.12. The average Bonchev–Trinajstić information content (AvgIpc) is 3.57. The maximum Gasteiger partial charge on any atom is 0.356 e. The Bertz CT molecular complexity index is 1230. The van der Waals surface area contributed by atoms with Gasteiger partial charge in [0.1, 0.15) is 34.9 Å². The summed E-state index contributed by atoms with van der Waals surface area (Å²) in [6.07, 6.45) is 3.08. The topological polar surface area (TPSA) is 111 Å². The van der Waals surface area contributed by atoms with Gasteiger partial charge < -0.3 is 13.9 Å². The van der Waals surface area contributed by atoms with Gasteiger partial charge in [-0.3, -0.25) is 9.69 Å². The molecule has 0 aliphatic carbocycles. The molecule has 9 nitrogen and oxygen atoms in total. The maximum absolute atomic E-state index is 13.1. The molecular formula is C22H18N4O5S. The standard InChI is InChI=1S/C22H18N4O5S/c1-12(15-10-23-25-24-15)17-20(27)26-18(19(32-21(17)26)16-4-3-9-30-16)22(28)31-11-13-5-7-14(29-2)8-6-13/h3-10,21H,11H2,1-2H3,(H,23,24,25)/t21-/m1/s1. The largest absolute Gasteiger partial charge is 0.497 e. The zero-order valence-electron chi connectivity index (χ0n) is 17.2. The first-order chi connectivity index (χ1) is 15.6. The van der Waals surface area contributed by atoms with Gasteiger partial charge in [0.2, 0.25) is 0 Å². The SMILES string of the molecule is COc1ccc(COC(=O)C2=C(c3ccco3)S[C@@H]3C(=C(C)c4cn[nH]n4)C(=O)N23)cc1. The minimum atomic E-state index is -0.589. The van der Waals surface area contributed by atoms with Crippen LogP contribution in [0.4, 0.5) is 0 Å². The Kier molecular flexibility index (Phi) is 5.06. The number of aromatic nitrogens is 3. The number of furan rings is 1. The van der Waals surface area contributed by atoms with E-state index in [-0.39, 0.29) is 23.6 Å². The number of nitrogens with zero attached hydrogens (tertiary/aromatic N) is 3. The maximum atomic E-state index is 13.1. The number of ether oxygens (including phenoxy) is 2. The van der Waals surface area contributed by atoms with Crippen molar-refractivity contribution in [2.24, 2.45) is 0 Å². The number of aromatic amines is 1. The molecule has 0 unspecified atom stereocenters. The zero-order valence-corrected chi connectivity index (χ0v) is 18.0. The number of H-pyrrole nitrogens is 1. The number of thioether (sulfide) groups is 1. The third-order valence-corrected chi connectivity index (χ3v) is 6.59. The Morgan fingerprint density at radius 2 is 2.09 bits per heavy atom. The molecule has 2 aliphatic heterocycles. The number of methoxy groups -OCH3 is 1. The van der Waals surface area contributed by atoms with Gasteiger partial charge in [-0.25, -0.2) is 4.79 Å². The molecule has 0 spiro atoms. The summed E-state index contributed by atoms with van der Waals surface area (Å²) in [5.41, 5.74) is 2.86. The molecule has 1 aromatic carbocycles. The van der Waals surface area contributed by atoms with Crippen LogP contribution in [0.3, 0.4) is 0 Å². The van der Waals surface area contributed by atoms with Crippen molar-refractivity contribution in [3.8, 4) is 5.75 Å². The average molecular weight is 450 g/mol. The third-order valence-electron chi connectivity index (χ3n) is 5.29. The Balaban J connectivity index is 1.42. The van der Waals surface area contributed by atoms with Gasteiger partial charge in [0.25, 0.3) is 5.91 Å². The van der Waals surface area contributed by atoms with Gasteiger partial charge in [0.15, 0.2) is 0 Å². The van der Waals surface area contributed by atoms with E-state index in [0.29, 0.717) is 33.3 Å². The van der Waals surface area contributed by atoms with Gasteiger partial charge >= 0.3 is 5.97 Å². The van der Waals surface area contributed by atoms with Crippen molar-refractivity contribution in [2.45, 2.75) is 18.9 Å². The molecule has 1 N–H and O–H groups in total. The van der Waals surface area contributed by atoms with E-state index in [2.05, 4.69) is 15.4 Å². The van der Waals surface area contributed by atoms with Crippen molar-refractivity contribution >= 4 is 34.1 Å². The summed E-state index contributed by atoms with van der Waals surface area (Å²) in [6.45, 7) is 1.88. The number of esters is 1. The highest BCUT2D eigenvalue weighted by Crippen LogP contribution is 2.54. The molecule has 0 saturated carbocycles. The zero-order chi connectivity index (χ0) is 22.2. The van der Waals surface area contributed by atoms with E-state index in [1.807, 2.05) is 19.1 Å². The number of benzene rings is 1. The second-order valence-corrected chi connectivity index (χ2v) is 8.21. The van der Waals surface area contributed by atoms with Crippen molar-refractivity contribution in [3.63, 3.8) is 0 Å². The summed E-state index contributed by atoms with van der Waals surface area (Å²) in [4.78, 5) is 28.2. The van der Waals surface area contributed by atoms with Crippen LogP contribution in [0, 0.1) is 0 Å². The van der Waals surface area contributed by atoms with Crippen LogP contribution < -0.4 is 4.74 Å². The van der Waals surface area contributed by atoms with Crippen molar-refractivity contribution in [1.82, 2.24) is 20.3 Å². The summed E-state index contributed by atoms with van der Waals surface area (Å²) in [5.74, 6) is 0.368. The highest BCUT2D eigenvalue weighted by molar-refractivity contribution is 8.09. The van der Waals surface area contributed by atoms with E-state index in [1.54, 1.807) is 37.6 Å². The smallest absolute Gasteiger partial charge is 0.356 e. The van der Waals surface area contributed by atoms with Crippen LogP contribution in [0.15, 0.2) is 64.5 Å². The van der Waals surface area contributed by atoms with Gasteiger partial charge in [0, 0.05) is 0 Å². The molecule has 1 fully saturated rings. The molecule has 3 aromatic rings. The molecule has 1 amide bonds. The van der Waals surface area contributed by atoms with Gasteiger partial charge in [-0.2, -0.15) is 15.4 Å². The van der Waals surface area contributed by atoms with Crippen LogP contribution in [0.1, 0.15) is 23.9 Å². The molecule has 1 atom stereocenters. The highest BCUT2D eigenvalue weighted by Gasteiger charge is 2.54. The number of carbonyl (C=O) groups is 2. The van der Waals surface area contributed by atoms with E-state index >= 15 is 0 Å². The van der Waals surface area contributed by atoms with Crippen LogP contribution in [-0.4, -0.2) is 44.7 Å². The molecule has 0 radical (unpaired) electrons. The van der Waals surface area contributed by atoms with E-state index in [9.17, 15) is 9.59 Å². The number of nitrogens with one attached hydrogen (secondary N) is 1. The number of hydrogen-bond acceptors (Lipinski definition) is 8. The molecule has 4 heterocycles. The van der Waals surface area contributed by atoms with Crippen molar-refractivity contribution in [3.05, 3.63) is 77.1 Å². The third kappa shape index (κ3) is 3.28. The predicted molar refractivity (Wildman–Crippen MR) is 116 cm³/mol. The summed E-state index contributed by atoms with van der Waals surface area (Å²) in [6, 6.07) is 10.7. The first-order valence-corrected chi connectivity index (χ1v) is 10.6. The number of carbonyl (C=O) groups excluding carboxylic acids is 2. The lowest BCUT2D eigenvalue weighted by Gasteiger charge is -2.38. The Morgan fingerprint density at radius 1 is 1.28 bits per heavy atom. The Labute approximate surface area is 187 Å². The fourth-order valence-corrected chi connectivity index (χ4v) is 5.04. The van der Waals surface area contributed by atoms with Gasteiger partial charge in [-0.05, 0) is 42.3 Å². The van der Waals surface area contributed by atoms with E-state index in [1.165, 1.54) is 22.9 Å². The number of hydrogen-bond donors (Lipinski definition) is 1. The number of amides is 1. The molecule has 0 bridgehead atoms. The molecule has 162 valence electrons. The van der Waals surface area contributed by atoms with E-state index in [0.717, 1.165) is 5.56 Å². The normalized spacial score (nSPS) is 19.0. The molecule has 10 heteroatoms. The van der Waals surface area contributed by atoms with Gasteiger partial charge in [-0.1, -0.05) is 23.9 Å². The van der Waals surface area contributed by atoms with Gasteiger partial charge in [0.05, 0.1) is 30.0 Å². The summed E-state index contributed by atoms with van der Waals surface area (Å²) in [5, 5.41) is 10.1. The summed E-state index contributed by atoms with van der Waals surface area (Å²) < 4.78 is 16.2.